The van der Waals surface area contributed by atoms with Gasteiger partial charge in [0.1, 0.15) is 0 Å². The Labute approximate surface area is 158 Å². The molecule has 3 rings (SSSR count). The number of aryl methyl sites for hydroxylation is 2. The van der Waals surface area contributed by atoms with Crippen molar-refractivity contribution in [3.63, 3.8) is 0 Å². The van der Waals surface area contributed by atoms with Gasteiger partial charge in [0.2, 0.25) is 0 Å². The summed E-state index contributed by atoms with van der Waals surface area (Å²) in [5, 5.41) is 9.47. The van der Waals surface area contributed by atoms with Crippen LogP contribution in [0.15, 0.2) is 30.6 Å². The van der Waals surface area contributed by atoms with Gasteiger partial charge in [0, 0.05) is 42.8 Å². The molecule has 1 aromatic carbocycles. The average molecular weight is 350 g/mol. The number of nitrogens with zero attached hydrogens (tertiary/aromatic N) is 3. The monoisotopic (exact) mass is 349 g/mol. The largest absolute Gasteiger partial charge is 0.374 e. The van der Waals surface area contributed by atoms with Crippen LogP contribution in [0.3, 0.4) is 0 Å². The lowest BCUT2D eigenvalue weighted by atomic mass is 9.92. The third-order valence-corrected chi connectivity index (χ3v) is 4.98. The van der Waals surface area contributed by atoms with Crippen LogP contribution in [0.4, 0.5) is 5.69 Å². The van der Waals surface area contributed by atoms with E-state index in [1.807, 2.05) is 18.3 Å². The third-order valence-electron chi connectivity index (χ3n) is 4.98. The molecule has 0 unspecified atom stereocenters. The second kappa shape index (κ2) is 9.97. The van der Waals surface area contributed by atoms with Gasteiger partial charge in [-0.15, -0.1) is 0 Å². The number of pyridine rings is 1. The Hall–Kier alpha value is -2.34. The lowest BCUT2D eigenvalue weighted by Gasteiger charge is -2.28. The van der Waals surface area contributed by atoms with Crippen molar-refractivity contribution >= 4 is 5.69 Å². The van der Waals surface area contributed by atoms with Crippen molar-refractivity contribution in [3.05, 3.63) is 47.3 Å². The van der Waals surface area contributed by atoms with Gasteiger partial charge in [0.25, 0.3) is 0 Å². The number of nitriles is 1. The van der Waals surface area contributed by atoms with E-state index in [-0.39, 0.29) is 0 Å². The Bertz CT molecular complexity index is 755. The van der Waals surface area contributed by atoms with Crippen molar-refractivity contribution in [2.45, 2.75) is 59.3 Å². The predicted molar refractivity (Wildman–Crippen MR) is 111 cm³/mol. The third kappa shape index (κ3) is 4.85. The molecule has 0 saturated carbocycles. The summed E-state index contributed by atoms with van der Waals surface area (Å²) in [6.45, 7) is 7.58. The minimum atomic E-state index is 0.730. The summed E-state index contributed by atoms with van der Waals surface area (Å²) >= 11 is 0. The number of anilines is 1. The molecule has 2 aromatic rings. The lowest BCUT2D eigenvalue weighted by molar-refractivity contribution is 0.702. The number of unbranched alkanes of at least 4 members (excludes halogenated alkanes) is 3. The highest BCUT2D eigenvalue weighted by Crippen LogP contribution is 2.34. The first-order valence-electron chi connectivity index (χ1n) is 9.81. The Morgan fingerprint density at radius 1 is 1.15 bits per heavy atom. The fourth-order valence-corrected chi connectivity index (χ4v) is 3.38. The molecule has 26 heavy (non-hydrogen) atoms. The number of hydrogen-bond acceptors (Lipinski definition) is 3. The molecule has 0 amide bonds. The van der Waals surface area contributed by atoms with Crippen LogP contribution in [0.1, 0.15) is 62.6 Å². The van der Waals surface area contributed by atoms with Crippen molar-refractivity contribution in [2.75, 3.05) is 18.5 Å². The Balaban J connectivity index is 0.000000352. The smallest absolute Gasteiger partial charge is 0.0998 e. The molecule has 2 heterocycles. The molecule has 0 N–H and O–H groups in total. The van der Waals surface area contributed by atoms with Crippen molar-refractivity contribution in [3.8, 4) is 17.2 Å². The molecule has 0 fully saturated rings. The van der Waals surface area contributed by atoms with Gasteiger partial charge in [-0.1, -0.05) is 39.5 Å². The molecule has 3 heteroatoms. The maximum atomic E-state index is 9.47. The zero-order valence-electron chi connectivity index (χ0n) is 16.7. The highest BCUT2D eigenvalue weighted by Gasteiger charge is 2.18. The highest BCUT2D eigenvalue weighted by atomic mass is 15.1. The molecule has 1 aliphatic rings. The van der Waals surface area contributed by atoms with Crippen molar-refractivity contribution in [2.24, 2.45) is 0 Å². The van der Waals surface area contributed by atoms with Crippen LogP contribution in [0.2, 0.25) is 0 Å². The molecular formula is C23H31N3. The molecule has 0 saturated heterocycles. The minimum Gasteiger partial charge on any atom is -0.374 e. The Kier molecular flexibility index (Phi) is 7.66. The number of hydrogen-bond donors (Lipinski definition) is 0. The van der Waals surface area contributed by atoms with E-state index in [0.717, 1.165) is 35.2 Å². The highest BCUT2D eigenvalue weighted by molar-refractivity contribution is 5.77. The van der Waals surface area contributed by atoms with Gasteiger partial charge >= 0.3 is 0 Å². The van der Waals surface area contributed by atoms with Gasteiger partial charge in [-0.25, -0.2) is 0 Å². The standard InChI is InChI=1S/C17H17N3.C6H14/c1-12-5-6-19-11-16(12)15-8-13-4-3-7-20(2)17(13)9-14(15)10-18;1-3-5-6-4-2/h5-6,8-9,11H,3-4,7H2,1-2H3;3-6H2,1-2H3. The van der Waals surface area contributed by atoms with Crippen LogP contribution in [0.5, 0.6) is 0 Å². The summed E-state index contributed by atoms with van der Waals surface area (Å²) in [5.41, 5.74) is 6.47. The minimum absolute atomic E-state index is 0.730. The van der Waals surface area contributed by atoms with E-state index in [2.05, 4.69) is 49.8 Å². The molecule has 0 spiro atoms. The summed E-state index contributed by atoms with van der Waals surface area (Å²) in [5.74, 6) is 0. The zero-order chi connectivity index (χ0) is 18.9. The zero-order valence-corrected chi connectivity index (χ0v) is 16.7. The first-order valence-corrected chi connectivity index (χ1v) is 9.81. The summed E-state index contributed by atoms with van der Waals surface area (Å²) in [4.78, 5) is 6.44. The van der Waals surface area contributed by atoms with Crippen LogP contribution < -0.4 is 4.90 Å². The topological polar surface area (TPSA) is 39.9 Å². The fraction of sp³-hybridized carbons (Fsp3) is 0.478. The molecule has 1 aromatic heterocycles. The van der Waals surface area contributed by atoms with E-state index >= 15 is 0 Å². The van der Waals surface area contributed by atoms with Gasteiger partial charge in [-0.3, -0.25) is 4.98 Å². The maximum Gasteiger partial charge on any atom is 0.0998 e. The van der Waals surface area contributed by atoms with E-state index in [1.54, 1.807) is 6.20 Å². The van der Waals surface area contributed by atoms with Gasteiger partial charge in [0.05, 0.1) is 11.6 Å². The quantitative estimate of drug-likeness (QED) is 0.645. The Morgan fingerprint density at radius 3 is 2.50 bits per heavy atom. The van der Waals surface area contributed by atoms with Crippen molar-refractivity contribution in [1.82, 2.24) is 4.98 Å². The van der Waals surface area contributed by atoms with Crippen molar-refractivity contribution < 1.29 is 0 Å². The maximum absolute atomic E-state index is 9.47. The van der Waals surface area contributed by atoms with Crippen LogP contribution in [-0.2, 0) is 6.42 Å². The molecule has 0 bridgehead atoms. The van der Waals surface area contributed by atoms with E-state index < -0.39 is 0 Å². The predicted octanol–water partition coefficient (Wildman–Crippen LogP) is 5.90. The second-order valence-corrected chi connectivity index (χ2v) is 7.06. The molecule has 0 atom stereocenters. The fourth-order valence-electron chi connectivity index (χ4n) is 3.38. The SMILES string of the molecule is CCCCCC.Cc1ccncc1-c1cc2c(cc1C#N)N(C)CCC2. The number of fused-ring (bicyclic) bond motifs is 1. The summed E-state index contributed by atoms with van der Waals surface area (Å²) in [6.07, 6.45) is 11.4. The normalized spacial score (nSPS) is 12.7. The first-order chi connectivity index (χ1) is 12.6. The van der Waals surface area contributed by atoms with Crippen LogP contribution in [0.25, 0.3) is 11.1 Å². The van der Waals surface area contributed by atoms with Gasteiger partial charge in [-0.05, 0) is 49.1 Å². The average Bonchev–Trinajstić information content (AvgIpc) is 2.66. The van der Waals surface area contributed by atoms with Gasteiger partial charge in [-0.2, -0.15) is 5.26 Å². The number of benzene rings is 1. The number of aromatic nitrogens is 1. The lowest BCUT2D eigenvalue weighted by Crippen LogP contribution is -2.24. The molecular weight excluding hydrogens is 318 g/mol. The Morgan fingerprint density at radius 2 is 1.88 bits per heavy atom. The first kappa shape index (κ1) is 20.0. The van der Waals surface area contributed by atoms with E-state index in [4.69, 9.17) is 0 Å². The van der Waals surface area contributed by atoms with Crippen LogP contribution >= 0.6 is 0 Å². The van der Waals surface area contributed by atoms with Gasteiger partial charge in [0.15, 0.2) is 0 Å². The van der Waals surface area contributed by atoms with Gasteiger partial charge < -0.3 is 4.90 Å². The molecule has 0 aliphatic carbocycles. The summed E-state index contributed by atoms with van der Waals surface area (Å²) in [6, 6.07) is 8.52. The van der Waals surface area contributed by atoms with Crippen LogP contribution in [-0.4, -0.2) is 18.6 Å². The molecule has 3 nitrogen and oxygen atoms in total. The summed E-state index contributed by atoms with van der Waals surface area (Å²) < 4.78 is 0. The van der Waals surface area contributed by atoms with E-state index in [0.29, 0.717) is 0 Å². The summed E-state index contributed by atoms with van der Waals surface area (Å²) in [7, 11) is 2.09. The van der Waals surface area contributed by atoms with E-state index in [9.17, 15) is 5.26 Å². The number of rotatable bonds is 4. The molecule has 0 radical (unpaired) electrons. The van der Waals surface area contributed by atoms with Crippen LogP contribution in [0, 0.1) is 18.3 Å². The van der Waals surface area contributed by atoms with E-state index in [1.165, 1.54) is 43.4 Å². The molecule has 1 aliphatic heterocycles. The second-order valence-electron chi connectivity index (χ2n) is 7.06. The van der Waals surface area contributed by atoms with Crippen molar-refractivity contribution in [1.29, 1.82) is 5.26 Å². The molecule has 138 valence electrons.